The molecule has 0 saturated carbocycles. The first-order valence-corrected chi connectivity index (χ1v) is 6.66. The van der Waals surface area contributed by atoms with Crippen LogP contribution in [0.1, 0.15) is 11.6 Å². The minimum Gasteiger partial charge on any atom is -0.382 e. The molecule has 21 heavy (non-hydrogen) atoms. The Kier molecular flexibility index (Phi) is 5.48. The number of ether oxygens (including phenoxy) is 1. The van der Waals surface area contributed by atoms with E-state index in [1.54, 1.807) is 31.4 Å². The number of amides is 2. The Labute approximate surface area is 127 Å². The van der Waals surface area contributed by atoms with Crippen molar-refractivity contribution >= 4 is 23.4 Å². The number of anilines is 1. The first-order valence-electron chi connectivity index (χ1n) is 6.28. The first kappa shape index (κ1) is 15.2. The number of rotatable bonds is 5. The van der Waals surface area contributed by atoms with Crippen molar-refractivity contribution in [1.29, 1.82) is 0 Å². The highest BCUT2D eigenvalue weighted by Gasteiger charge is 2.14. The summed E-state index contributed by atoms with van der Waals surface area (Å²) >= 11 is 5.86. The number of nitrogens with zero attached hydrogens (tertiary/aromatic N) is 2. The number of methoxy groups -OCH3 is 1. The van der Waals surface area contributed by atoms with Gasteiger partial charge in [0.05, 0.1) is 12.6 Å². The number of carbonyl (C=O) groups excluding carboxylic acids is 1. The third kappa shape index (κ3) is 4.70. The molecule has 1 aromatic heterocycles. The van der Waals surface area contributed by atoms with Gasteiger partial charge in [-0.05, 0) is 29.8 Å². The van der Waals surface area contributed by atoms with Gasteiger partial charge in [0.25, 0.3) is 0 Å². The molecule has 0 aliphatic carbocycles. The fourth-order valence-electron chi connectivity index (χ4n) is 1.76. The highest BCUT2D eigenvalue weighted by molar-refractivity contribution is 6.30. The van der Waals surface area contributed by atoms with Crippen LogP contribution in [0.2, 0.25) is 5.02 Å². The Morgan fingerprint density at radius 3 is 2.71 bits per heavy atom. The molecule has 0 aliphatic heterocycles. The minimum atomic E-state index is -0.382. The van der Waals surface area contributed by atoms with Crippen LogP contribution in [0.4, 0.5) is 10.6 Å². The first-order chi connectivity index (χ1) is 10.2. The lowest BCUT2D eigenvalue weighted by Gasteiger charge is -2.18. The molecule has 0 saturated heterocycles. The summed E-state index contributed by atoms with van der Waals surface area (Å²) in [6, 6.07) is 9.89. The summed E-state index contributed by atoms with van der Waals surface area (Å²) < 4.78 is 5.14. The van der Waals surface area contributed by atoms with Crippen molar-refractivity contribution in [3.8, 4) is 0 Å². The van der Waals surface area contributed by atoms with E-state index in [0.29, 0.717) is 17.4 Å². The van der Waals surface area contributed by atoms with E-state index in [4.69, 9.17) is 16.3 Å². The number of nitrogens with one attached hydrogen (secondary N) is 2. The number of urea groups is 1. The average Bonchev–Trinajstić information content (AvgIpc) is 2.48. The Bertz CT molecular complexity index is 577. The lowest BCUT2D eigenvalue weighted by molar-refractivity contribution is 0.168. The van der Waals surface area contributed by atoms with Crippen LogP contribution in [0.15, 0.2) is 42.6 Å². The molecule has 110 valence electrons. The smallest absolute Gasteiger partial charge is 0.321 e. The molecule has 0 spiro atoms. The number of hydrogen-bond acceptors (Lipinski definition) is 4. The van der Waals surface area contributed by atoms with E-state index < -0.39 is 0 Å². The molecule has 0 bridgehead atoms. The monoisotopic (exact) mass is 306 g/mol. The summed E-state index contributed by atoms with van der Waals surface area (Å²) in [4.78, 5) is 12.0. The molecule has 2 amide bonds. The van der Waals surface area contributed by atoms with Gasteiger partial charge in [0, 0.05) is 18.3 Å². The third-order valence-electron chi connectivity index (χ3n) is 2.72. The SMILES string of the molecule is COCC(NC(=O)Nc1cccnn1)c1ccc(Cl)cc1. The molecule has 0 fully saturated rings. The molecule has 2 rings (SSSR count). The van der Waals surface area contributed by atoms with Crippen molar-refractivity contribution in [2.45, 2.75) is 6.04 Å². The van der Waals surface area contributed by atoms with E-state index in [9.17, 15) is 4.79 Å². The largest absolute Gasteiger partial charge is 0.382 e. The van der Waals surface area contributed by atoms with Gasteiger partial charge in [-0.1, -0.05) is 23.7 Å². The van der Waals surface area contributed by atoms with E-state index in [-0.39, 0.29) is 12.1 Å². The maximum Gasteiger partial charge on any atom is 0.321 e. The maximum atomic E-state index is 12.0. The van der Waals surface area contributed by atoms with Crippen LogP contribution < -0.4 is 10.6 Å². The van der Waals surface area contributed by atoms with E-state index in [1.807, 2.05) is 12.1 Å². The second-order valence-corrected chi connectivity index (χ2v) is 4.70. The van der Waals surface area contributed by atoms with Gasteiger partial charge < -0.3 is 10.1 Å². The molecule has 1 aromatic carbocycles. The van der Waals surface area contributed by atoms with Crippen LogP contribution >= 0.6 is 11.6 Å². The summed E-state index contributed by atoms with van der Waals surface area (Å²) in [5.41, 5.74) is 0.899. The van der Waals surface area contributed by atoms with E-state index in [0.717, 1.165) is 5.56 Å². The summed E-state index contributed by atoms with van der Waals surface area (Å²) in [6.07, 6.45) is 1.53. The van der Waals surface area contributed by atoms with Gasteiger partial charge in [0.2, 0.25) is 0 Å². The number of halogens is 1. The second-order valence-electron chi connectivity index (χ2n) is 4.27. The quantitative estimate of drug-likeness (QED) is 0.890. The molecule has 1 heterocycles. The van der Waals surface area contributed by atoms with Gasteiger partial charge >= 0.3 is 6.03 Å². The van der Waals surface area contributed by atoms with Crippen LogP contribution in [0.5, 0.6) is 0 Å². The molecule has 6 nitrogen and oxygen atoms in total. The van der Waals surface area contributed by atoms with Crippen LogP contribution in [0.25, 0.3) is 0 Å². The molecular formula is C14H15ClN4O2. The summed E-state index contributed by atoms with van der Waals surface area (Å²) in [7, 11) is 1.57. The van der Waals surface area contributed by atoms with Crippen molar-refractivity contribution < 1.29 is 9.53 Å². The molecule has 0 aliphatic rings. The van der Waals surface area contributed by atoms with E-state index >= 15 is 0 Å². The number of carbonyl (C=O) groups is 1. The van der Waals surface area contributed by atoms with Gasteiger partial charge in [0.15, 0.2) is 5.82 Å². The van der Waals surface area contributed by atoms with Crippen LogP contribution in [0, 0.1) is 0 Å². The van der Waals surface area contributed by atoms with Crippen LogP contribution in [-0.2, 0) is 4.74 Å². The van der Waals surface area contributed by atoms with Gasteiger partial charge in [-0.25, -0.2) is 4.79 Å². The number of hydrogen-bond donors (Lipinski definition) is 2. The fraction of sp³-hybridized carbons (Fsp3) is 0.214. The van der Waals surface area contributed by atoms with Crippen molar-refractivity contribution in [1.82, 2.24) is 15.5 Å². The Balaban J connectivity index is 2.02. The topological polar surface area (TPSA) is 76.1 Å². The van der Waals surface area contributed by atoms with Crippen LogP contribution in [0.3, 0.4) is 0 Å². The zero-order valence-electron chi connectivity index (χ0n) is 11.4. The predicted molar refractivity (Wildman–Crippen MR) is 80.3 cm³/mol. The zero-order valence-corrected chi connectivity index (χ0v) is 12.2. The lowest BCUT2D eigenvalue weighted by atomic mass is 10.1. The summed E-state index contributed by atoms with van der Waals surface area (Å²) in [5.74, 6) is 0.377. The zero-order chi connectivity index (χ0) is 15.1. The van der Waals surface area contributed by atoms with Crippen molar-refractivity contribution in [3.05, 3.63) is 53.2 Å². The Hall–Kier alpha value is -2.18. The normalized spacial score (nSPS) is 11.7. The molecule has 1 atom stereocenters. The average molecular weight is 307 g/mol. The minimum absolute atomic E-state index is 0.288. The molecule has 1 unspecified atom stereocenters. The van der Waals surface area contributed by atoms with Gasteiger partial charge in [0.1, 0.15) is 0 Å². The van der Waals surface area contributed by atoms with Gasteiger partial charge in [-0.15, -0.1) is 5.10 Å². The molecule has 7 heteroatoms. The summed E-state index contributed by atoms with van der Waals surface area (Å²) in [6.45, 7) is 0.343. The number of benzene rings is 1. The van der Waals surface area contributed by atoms with Crippen molar-refractivity contribution in [3.63, 3.8) is 0 Å². The standard InChI is InChI=1S/C14H15ClN4O2/c1-21-9-12(10-4-6-11(15)7-5-10)17-14(20)18-13-3-2-8-16-19-13/h2-8,12H,9H2,1H3,(H2,17,18,19,20). The molecule has 2 aromatic rings. The molecule has 0 radical (unpaired) electrons. The fourth-order valence-corrected chi connectivity index (χ4v) is 1.89. The predicted octanol–water partition coefficient (Wildman–Crippen LogP) is 2.64. The highest BCUT2D eigenvalue weighted by Crippen LogP contribution is 2.17. The third-order valence-corrected chi connectivity index (χ3v) is 2.98. The highest BCUT2D eigenvalue weighted by atomic mass is 35.5. The van der Waals surface area contributed by atoms with Gasteiger partial charge in [-0.2, -0.15) is 5.10 Å². The van der Waals surface area contributed by atoms with E-state index in [1.165, 1.54) is 6.20 Å². The van der Waals surface area contributed by atoms with Crippen LogP contribution in [-0.4, -0.2) is 29.9 Å². The van der Waals surface area contributed by atoms with E-state index in [2.05, 4.69) is 20.8 Å². The molecule has 2 N–H and O–H groups in total. The Morgan fingerprint density at radius 2 is 2.10 bits per heavy atom. The van der Waals surface area contributed by atoms with Gasteiger partial charge in [-0.3, -0.25) is 5.32 Å². The second kappa shape index (κ2) is 7.56. The summed E-state index contributed by atoms with van der Waals surface area (Å²) in [5, 5.41) is 13.5. The maximum absolute atomic E-state index is 12.0. The van der Waals surface area contributed by atoms with Crippen molar-refractivity contribution in [2.24, 2.45) is 0 Å². The van der Waals surface area contributed by atoms with Crippen molar-refractivity contribution in [2.75, 3.05) is 19.0 Å². The Morgan fingerprint density at radius 1 is 1.33 bits per heavy atom. The lowest BCUT2D eigenvalue weighted by Crippen LogP contribution is -2.35. The molecular weight excluding hydrogens is 292 g/mol. The number of aromatic nitrogens is 2.